The normalized spacial score (nSPS) is 18.8. The van der Waals surface area contributed by atoms with Crippen molar-refractivity contribution in [2.75, 3.05) is 26.7 Å². The fourth-order valence-electron chi connectivity index (χ4n) is 3.12. The number of pyridine rings is 1. The summed E-state index contributed by atoms with van der Waals surface area (Å²) < 4.78 is 0. The Morgan fingerprint density at radius 2 is 2.00 bits per heavy atom. The van der Waals surface area contributed by atoms with Crippen LogP contribution in [0.5, 0.6) is 0 Å². The van der Waals surface area contributed by atoms with Gasteiger partial charge in [-0.05, 0) is 30.7 Å². The summed E-state index contributed by atoms with van der Waals surface area (Å²) in [5, 5.41) is 0. The zero-order valence-corrected chi connectivity index (χ0v) is 13.6. The predicted octanol–water partition coefficient (Wildman–Crippen LogP) is 2.53. The predicted molar refractivity (Wildman–Crippen MR) is 91.0 cm³/mol. The van der Waals surface area contributed by atoms with Gasteiger partial charge in [-0.25, -0.2) is 0 Å². The van der Waals surface area contributed by atoms with Gasteiger partial charge in [0.2, 0.25) is 5.91 Å². The molecule has 0 radical (unpaired) electrons. The van der Waals surface area contributed by atoms with E-state index in [2.05, 4.69) is 29.1 Å². The van der Waals surface area contributed by atoms with Crippen molar-refractivity contribution in [1.29, 1.82) is 0 Å². The number of likely N-dealkylation sites (N-methyl/N-ethyl adjacent to an activating group) is 1. The highest BCUT2D eigenvalue weighted by atomic mass is 16.2. The van der Waals surface area contributed by atoms with E-state index in [1.165, 1.54) is 5.56 Å². The second-order valence-electron chi connectivity index (χ2n) is 6.14. The molecule has 1 aromatic heterocycles. The summed E-state index contributed by atoms with van der Waals surface area (Å²) in [6.45, 7) is 2.62. The van der Waals surface area contributed by atoms with Crippen LogP contribution in [0.25, 0.3) is 0 Å². The van der Waals surface area contributed by atoms with E-state index in [0.29, 0.717) is 6.42 Å². The number of aryl methyl sites for hydroxylation is 1. The first-order valence-corrected chi connectivity index (χ1v) is 8.16. The Kier molecular flexibility index (Phi) is 5.03. The lowest BCUT2D eigenvalue weighted by Crippen LogP contribution is -2.49. The van der Waals surface area contributed by atoms with Gasteiger partial charge in [0.05, 0.1) is 6.04 Å². The monoisotopic (exact) mass is 309 g/mol. The maximum Gasteiger partial charge on any atom is 0.223 e. The molecule has 0 bridgehead atoms. The Morgan fingerprint density at radius 1 is 1.17 bits per heavy atom. The van der Waals surface area contributed by atoms with E-state index in [4.69, 9.17) is 0 Å². The van der Waals surface area contributed by atoms with Gasteiger partial charge in [-0.1, -0.05) is 36.4 Å². The van der Waals surface area contributed by atoms with E-state index < -0.39 is 0 Å². The molecular weight excluding hydrogens is 286 g/mol. The van der Waals surface area contributed by atoms with E-state index in [-0.39, 0.29) is 11.9 Å². The number of carbonyl (C=O) groups excluding carboxylic acids is 1. The minimum atomic E-state index is 0.149. The van der Waals surface area contributed by atoms with E-state index in [1.807, 2.05) is 41.4 Å². The molecule has 0 saturated carbocycles. The van der Waals surface area contributed by atoms with Gasteiger partial charge in [-0.15, -0.1) is 0 Å². The molecule has 1 aliphatic rings. The highest BCUT2D eigenvalue weighted by molar-refractivity contribution is 5.77. The smallest absolute Gasteiger partial charge is 0.223 e. The first-order valence-electron chi connectivity index (χ1n) is 8.16. The molecule has 2 aromatic rings. The van der Waals surface area contributed by atoms with Gasteiger partial charge in [-0.2, -0.15) is 0 Å². The molecule has 4 heteroatoms. The molecule has 1 atom stereocenters. The summed E-state index contributed by atoms with van der Waals surface area (Å²) in [6, 6.07) is 14.4. The van der Waals surface area contributed by atoms with E-state index >= 15 is 0 Å². The molecule has 0 N–H and O–H groups in total. The molecule has 1 saturated heterocycles. The van der Waals surface area contributed by atoms with Crippen LogP contribution in [0, 0.1) is 0 Å². The summed E-state index contributed by atoms with van der Waals surface area (Å²) in [6.07, 6.45) is 4.89. The Labute approximate surface area is 137 Å². The van der Waals surface area contributed by atoms with Crippen molar-refractivity contribution in [3.05, 3.63) is 66.0 Å². The maximum atomic E-state index is 12.7. The first-order chi connectivity index (χ1) is 11.2. The van der Waals surface area contributed by atoms with Crippen LogP contribution in [0.4, 0.5) is 0 Å². The van der Waals surface area contributed by atoms with Gasteiger partial charge in [0.1, 0.15) is 0 Å². The number of amides is 1. The minimum Gasteiger partial charge on any atom is -0.333 e. The van der Waals surface area contributed by atoms with Crippen LogP contribution in [0.2, 0.25) is 0 Å². The van der Waals surface area contributed by atoms with Crippen molar-refractivity contribution in [2.45, 2.75) is 18.9 Å². The zero-order chi connectivity index (χ0) is 16.1. The minimum absolute atomic E-state index is 0.149. The van der Waals surface area contributed by atoms with Crippen LogP contribution < -0.4 is 0 Å². The highest BCUT2D eigenvalue weighted by Gasteiger charge is 2.29. The molecule has 1 unspecified atom stereocenters. The lowest BCUT2D eigenvalue weighted by molar-refractivity contribution is -0.136. The van der Waals surface area contributed by atoms with E-state index in [9.17, 15) is 4.79 Å². The number of carbonyl (C=O) groups is 1. The van der Waals surface area contributed by atoms with E-state index in [1.54, 1.807) is 6.20 Å². The zero-order valence-electron chi connectivity index (χ0n) is 13.6. The number of benzene rings is 1. The lowest BCUT2D eigenvalue weighted by atomic mass is 10.0. The summed E-state index contributed by atoms with van der Waals surface area (Å²) in [7, 11) is 2.12. The fraction of sp³-hybridized carbons (Fsp3) is 0.368. The van der Waals surface area contributed by atoms with Gasteiger partial charge < -0.3 is 9.80 Å². The summed E-state index contributed by atoms with van der Waals surface area (Å²) >= 11 is 0. The summed E-state index contributed by atoms with van der Waals surface area (Å²) in [5.74, 6) is 0.232. The molecule has 1 aliphatic heterocycles. The van der Waals surface area contributed by atoms with Gasteiger partial charge in [0.15, 0.2) is 0 Å². The number of nitrogens with zero attached hydrogens (tertiary/aromatic N) is 3. The molecule has 120 valence electrons. The van der Waals surface area contributed by atoms with Crippen molar-refractivity contribution in [2.24, 2.45) is 0 Å². The quantitative estimate of drug-likeness (QED) is 0.871. The third kappa shape index (κ3) is 3.96. The van der Waals surface area contributed by atoms with Crippen molar-refractivity contribution in [3.8, 4) is 0 Å². The van der Waals surface area contributed by atoms with Crippen molar-refractivity contribution >= 4 is 5.91 Å². The first kappa shape index (κ1) is 15.7. The molecule has 23 heavy (non-hydrogen) atoms. The van der Waals surface area contributed by atoms with Crippen molar-refractivity contribution < 1.29 is 4.79 Å². The van der Waals surface area contributed by atoms with Crippen molar-refractivity contribution in [3.63, 3.8) is 0 Å². The van der Waals surface area contributed by atoms with Crippen LogP contribution >= 0.6 is 0 Å². The topological polar surface area (TPSA) is 36.4 Å². The third-order valence-electron chi connectivity index (χ3n) is 4.44. The van der Waals surface area contributed by atoms with Crippen molar-refractivity contribution in [1.82, 2.24) is 14.8 Å². The molecule has 1 aromatic carbocycles. The summed E-state index contributed by atoms with van der Waals surface area (Å²) in [5.41, 5.74) is 2.33. The van der Waals surface area contributed by atoms with Gasteiger partial charge in [0, 0.05) is 38.4 Å². The third-order valence-corrected chi connectivity index (χ3v) is 4.44. The van der Waals surface area contributed by atoms with Crippen LogP contribution in [0.3, 0.4) is 0 Å². The number of hydrogen-bond donors (Lipinski definition) is 0. The molecule has 1 fully saturated rings. The molecule has 4 nitrogen and oxygen atoms in total. The number of aromatic nitrogens is 1. The Bertz CT molecular complexity index is 630. The molecule has 1 amide bonds. The van der Waals surface area contributed by atoms with Crippen LogP contribution in [0.1, 0.15) is 23.6 Å². The Morgan fingerprint density at radius 3 is 2.74 bits per heavy atom. The average Bonchev–Trinajstić information content (AvgIpc) is 2.61. The fourth-order valence-corrected chi connectivity index (χ4v) is 3.12. The largest absolute Gasteiger partial charge is 0.333 e. The molecule has 3 rings (SSSR count). The Balaban J connectivity index is 1.69. The SMILES string of the molecule is CN1CCN(C(=O)CCc2cccnc2)C(c2ccccc2)C1. The van der Waals surface area contributed by atoms with Gasteiger partial charge in [0.25, 0.3) is 0 Å². The average molecular weight is 309 g/mol. The Hall–Kier alpha value is -2.20. The van der Waals surface area contributed by atoms with E-state index in [0.717, 1.165) is 31.6 Å². The summed E-state index contributed by atoms with van der Waals surface area (Å²) in [4.78, 5) is 21.2. The number of rotatable bonds is 4. The second kappa shape index (κ2) is 7.38. The second-order valence-corrected chi connectivity index (χ2v) is 6.14. The number of piperazine rings is 1. The van der Waals surface area contributed by atoms with Gasteiger partial charge >= 0.3 is 0 Å². The van der Waals surface area contributed by atoms with Crippen LogP contribution in [-0.2, 0) is 11.2 Å². The standard InChI is InChI=1S/C19H23N3O/c1-21-12-13-22(18(15-21)17-7-3-2-4-8-17)19(23)10-9-16-6-5-11-20-14-16/h2-8,11,14,18H,9-10,12-13,15H2,1H3. The van der Waals surface area contributed by atoms with Gasteiger partial charge in [-0.3, -0.25) is 9.78 Å². The lowest BCUT2D eigenvalue weighted by Gasteiger charge is -2.40. The van der Waals surface area contributed by atoms with Crippen LogP contribution in [-0.4, -0.2) is 47.4 Å². The maximum absolute atomic E-state index is 12.7. The molecular formula is C19H23N3O. The molecule has 0 spiro atoms. The number of hydrogen-bond acceptors (Lipinski definition) is 3. The molecule has 0 aliphatic carbocycles. The van der Waals surface area contributed by atoms with Crippen LogP contribution in [0.15, 0.2) is 54.9 Å². The molecule has 2 heterocycles. The highest BCUT2D eigenvalue weighted by Crippen LogP contribution is 2.25.